The summed E-state index contributed by atoms with van der Waals surface area (Å²) in [7, 11) is 0. The summed E-state index contributed by atoms with van der Waals surface area (Å²) in [6.07, 6.45) is 0.723. The first-order chi connectivity index (χ1) is 5.49. The lowest BCUT2D eigenvalue weighted by atomic mass is 9.83. The van der Waals surface area contributed by atoms with Crippen LogP contribution in [-0.2, 0) is 9.59 Å². The van der Waals surface area contributed by atoms with Crippen molar-refractivity contribution in [2.24, 2.45) is 11.8 Å². The summed E-state index contributed by atoms with van der Waals surface area (Å²) in [5.41, 5.74) is -0.475. The zero-order valence-corrected chi connectivity index (χ0v) is 7.20. The Hall–Kier alpha value is -0.900. The Labute approximate surface area is 71.0 Å². The molecule has 1 fully saturated rings. The molecule has 4 nitrogen and oxygen atoms in total. The van der Waals surface area contributed by atoms with Gasteiger partial charge >= 0.3 is 5.97 Å². The van der Waals surface area contributed by atoms with Crippen molar-refractivity contribution in [2.45, 2.75) is 19.4 Å². The Morgan fingerprint density at radius 2 is 2.25 bits per heavy atom. The fourth-order valence-corrected chi connectivity index (χ4v) is 1.76. The van der Waals surface area contributed by atoms with Crippen LogP contribution in [0.25, 0.3) is 0 Å². The second-order valence-electron chi connectivity index (χ2n) is 3.72. The Morgan fingerprint density at radius 1 is 1.67 bits per heavy atom. The standard InChI is InChI=1S/C8H13NO3/c1-8(2)6(7(11)12)5(4-10)3-9-8/h4-6,9H,3H2,1-2H3,(H,11,12)/t5?,6-/m0/s1. The highest BCUT2D eigenvalue weighted by Gasteiger charge is 2.46. The van der Waals surface area contributed by atoms with Gasteiger partial charge in [-0.05, 0) is 13.8 Å². The first-order valence-electron chi connectivity index (χ1n) is 3.92. The minimum Gasteiger partial charge on any atom is -0.481 e. The van der Waals surface area contributed by atoms with Crippen LogP contribution in [0.2, 0.25) is 0 Å². The molecule has 1 saturated heterocycles. The third kappa shape index (κ3) is 1.34. The highest BCUT2D eigenvalue weighted by molar-refractivity contribution is 5.77. The maximum Gasteiger partial charge on any atom is 0.309 e. The zero-order chi connectivity index (χ0) is 9.35. The van der Waals surface area contributed by atoms with E-state index < -0.39 is 23.3 Å². The van der Waals surface area contributed by atoms with Gasteiger partial charge in [0.05, 0.1) is 5.92 Å². The summed E-state index contributed by atoms with van der Waals surface area (Å²) in [6.45, 7) is 4.07. The second kappa shape index (κ2) is 2.86. The van der Waals surface area contributed by atoms with E-state index in [2.05, 4.69) is 5.32 Å². The van der Waals surface area contributed by atoms with E-state index in [1.54, 1.807) is 13.8 Å². The Balaban J connectivity index is 2.87. The van der Waals surface area contributed by atoms with E-state index in [1.807, 2.05) is 0 Å². The molecule has 0 amide bonds. The Bertz CT molecular complexity index is 212. The monoisotopic (exact) mass is 171 g/mol. The van der Waals surface area contributed by atoms with E-state index in [0.717, 1.165) is 6.29 Å². The Morgan fingerprint density at radius 3 is 2.58 bits per heavy atom. The highest BCUT2D eigenvalue weighted by Crippen LogP contribution is 2.29. The molecular weight excluding hydrogens is 158 g/mol. The minimum absolute atomic E-state index is 0.391. The summed E-state index contributed by atoms with van der Waals surface area (Å²) in [6, 6.07) is 0. The third-order valence-electron chi connectivity index (χ3n) is 2.44. The predicted molar refractivity (Wildman–Crippen MR) is 42.8 cm³/mol. The van der Waals surface area contributed by atoms with Gasteiger partial charge < -0.3 is 15.2 Å². The minimum atomic E-state index is -0.901. The van der Waals surface area contributed by atoms with Crippen LogP contribution in [0, 0.1) is 11.8 Å². The van der Waals surface area contributed by atoms with Gasteiger partial charge in [0, 0.05) is 18.0 Å². The van der Waals surface area contributed by atoms with Crippen LogP contribution in [0.5, 0.6) is 0 Å². The summed E-state index contributed by atoms with van der Waals surface area (Å²) in [4.78, 5) is 21.3. The molecule has 0 radical (unpaired) electrons. The molecule has 68 valence electrons. The van der Waals surface area contributed by atoms with Gasteiger partial charge in [-0.15, -0.1) is 0 Å². The molecule has 1 aliphatic rings. The number of aldehydes is 1. The van der Waals surface area contributed by atoms with Crippen molar-refractivity contribution < 1.29 is 14.7 Å². The Kier molecular flexibility index (Phi) is 2.19. The lowest BCUT2D eigenvalue weighted by Crippen LogP contribution is -2.42. The fraction of sp³-hybridized carbons (Fsp3) is 0.750. The molecule has 0 spiro atoms. The van der Waals surface area contributed by atoms with E-state index in [1.165, 1.54) is 0 Å². The zero-order valence-electron chi connectivity index (χ0n) is 7.20. The number of rotatable bonds is 2. The number of hydrogen-bond acceptors (Lipinski definition) is 3. The summed E-state index contributed by atoms with van der Waals surface area (Å²) in [5, 5.41) is 11.9. The van der Waals surface area contributed by atoms with Gasteiger partial charge in [0.1, 0.15) is 6.29 Å². The van der Waals surface area contributed by atoms with Gasteiger partial charge in [0.25, 0.3) is 0 Å². The molecule has 0 aromatic heterocycles. The van der Waals surface area contributed by atoms with Crippen molar-refractivity contribution in [1.82, 2.24) is 5.32 Å². The third-order valence-corrected chi connectivity index (χ3v) is 2.44. The molecule has 4 heteroatoms. The predicted octanol–water partition coefficient (Wildman–Crippen LogP) is -0.116. The molecular formula is C8H13NO3. The van der Waals surface area contributed by atoms with E-state index >= 15 is 0 Å². The van der Waals surface area contributed by atoms with Crippen molar-refractivity contribution >= 4 is 12.3 Å². The number of carboxylic acids is 1. The summed E-state index contributed by atoms with van der Waals surface area (Å²) >= 11 is 0. The van der Waals surface area contributed by atoms with Crippen LogP contribution >= 0.6 is 0 Å². The molecule has 0 aromatic rings. The molecule has 0 aliphatic carbocycles. The number of carbonyl (C=O) groups is 2. The van der Waals surface area contributed by atoms with Gasteiger partial charge in [0.15, 0.2) is 0 Å². The van der Waals surface area contributed by atoms with Gasteiger partial charge in [-0.2, -0.15) is 0 Å². The molecule has 1 unspecified atom stereocenters. The molecule has 0 saturated carbocycles. The van der Waals surface area contributed by atoms with Crippen LogP contribution in [-0.4, -0.2) is 29.4 Å². The van der Waals surface area contributed by atoms with Crippen LogP contribution in [0.15, 0.2) is 0 Å². The molecule has 2 N–H and O–H groups in total. The van der Waals surface area contributed by atoms with Gasteiger partial charge in [-0.1, -0.05) is 0 Å². The second-order valence-corrected chi connectivity index (χ2v) is 3.72. The maximum absolute atomic E-state index is 10.8. The SMILES string of the molecule is CC1(C)NCC(C=O)[C@H]1C(=O)O. The van der Waals surface area contributed by atoms with E-state index in [9.17, 15) is 9.59 Å². The molecule has 0 aromatic carbocycles. The average molecular weight is 171 g/mol. The van der Waals surface area contributed by atoms with E-state index in [4.69, 9.17) is 5.11 Å². The molecule has 1 aliphatic heterocycles. The molecule has 1 heterocycles. The maximum atomic E-state index is 10.8. The van der Waals surface area contributed by atoms with Gasteiger partial charge in [-0.25, -0.2) is 0 Å². The highest BCUT2D eigenvalue weighted by atomic mass is 16.4. The smallest absolute Gasteiger partial charge is 0.309 e. The van der Waals surface area contributed by atoms with Crippen molar-refractivity contribution in [2.75, 3.05) is 6.54 Å². The molecule has 1 rings (SSSR count). The van der Waals surface area contributed by atoms with Crippen molar-refractivity contribution in [3.63, 3.8) is 0 Å². The van der Waals surface area contributed by atoms with Crippen LogP contribution in [0.3, 0.4) is 0 Å². The summed E-state index contributed by atoms with van der Waals surface area (Å²) in [5.74, 6) is -1.89. The van der Waals surface area contributed by atoms with E-state index in [0.29, 0.717) is 6.54 Å². The van der Waals surface area contributed by atoms with Crippen molar-refractivity contribution in [3.05, 3.63) is 0 Å². The topological polar surface area (TPSA) is 66.4 Å². The first kappa shape index (κ1) is 9.19. The van der Waals surface area contributed by atoms with Crippen LogP contribution in [0.1, 0.15) is 13.8 Å². The first-order valence-corrected chi connectivity index (χ1v) is 3.92. The van der Waals surface area contributed by atoms with Crippen molar-refractivity contribution in [3.8, 4) is 0 Å². The van der Waals surface area contributed by atoms with Gasteiger partial charge in [-0.3, -0.25) is 4.79 Å². The molecule has 12 heavy (non-hydrogen) atoms. The van der Waals surface area contributed by atoms with Crippen LogP contribution < -0.4 is 5.32 Å². The summed E-state index contributed by atoms with van der Waals surface area (Å²) < 4.78 is 0. The number of carboxylic acid groups (broad SMARTS) is 1. The number of carbonyl (C=O) groups excluding carboxylic acids is 1. The van der Waals surface area contributed by atoms with E-state index in [-0.39, 0.29) is 0 Å². The molecule has 2 atom stereocenters. The average Bonchev–Trinajstić information content (AvgIpc) is 2.24. The number of nitrogens with one attached hydrogen (secondary N) is 1. The van der Waals surface area contributed by atoms with Crippen LogP contribution in [0.4, 0.5) is 0 Å². The molecule has 0 bridgehead atoms. The van der Waals surface area contributed by atoms with Gasteiger partial charge in [0.2, 0.25) is 0 Å². The quantitative estimate of drug-likeness (QED) is 0.569. The largest absolute Gasteiger partial charge is 0.481 e. The fourth-order valence-electron chi connectivity index (χ4n) is 1.76. The lowest BCUT2D eigenvalue weighted by Gasteiger charge is -2.24. The number of hydrogen-bond donors (Lipinski definition) is 2. The lowest BCUT2D eigenvalue weighted by molar-refractivity contribution is -0.145. The van der Waals surface area contributed by atoms with Crippen molar-refractivity contribution in [1.29, 1.82) is 0 Å². The normalized spacial score (nSPS) is 33.2. The number of aliphatic carboxylic acids is 1.